The second-order valence-electron chi connectivity index (χ2n) is 3.79. The minimum atomic E-state index is 0.209. The summed E-state index contributed by atoms with van der Waals surface area (Å²) in [5.74, 6) is 1.51. The van der Waals surface area contributed by atoms with E-state index in [1.807, 2.05) is 25.2 Å². The van der Waals surface area contributed by atoms with Crippen molar-refractivity contribution in [1.82, 2.24) is 5.32 Å². The van der Waals surface area contributed by atoms with Crippen LogP contribution in [0.3, 0.4) is 0 Å². The van der Waals surface area contributed by atoms with E-state index < -0.39 is 0 Å². The van der Waals surface area contributed by atoms with E-state index in [1.165, 1.54) is 0 Å². The molecule has 0 saturated heterocycles. The predicted molar refractivity (Wildman–Crippen MR) is 67.6 cm³/mol. The maximum Gasteiger partial charge on any atom is 0.161 e. The van der Waals surface area contributed by atoms with Crippen molar-refractivity contribution in [2.24, 2.45) is 0 Å². The Bertz CT molecular complexity index is 328. The summed E-state index contributed by atoms with van der Waals surface area (Å²) < 4.78 is 10.9. The minimum Gasteiger partial charge on any atom is -0.493 e. The van der Waals surface area contributed by atoms with Gasteiger partial charge in [0, 0.05) is 13.2 Å². The molecule has 96 valence electrons. The Morgan fingerprint density at radius 2 is 2.06 bits per heavy atom. The maximum absolute atomic E-state index is 8.69. The van der Waals surface area contributed by atoms with Crippen molar-refractivity contribution in [1.29, 1.82) is 0 Å². The van der Waals surface area contributed by atoms with Gasteiger partial charge in [0.05, 0.1) is 13.7 Å². The molecule has 17 heavy (non-hydrogen) atoms. The summed E-state index contributed by atoms with van der Waals surface area (Å²) in [6, 6.07) is 5.90. The van der Waals surface area contributed by atoms with Gasteiger partial charge in [-0.15, -0.1) is 0 Å². The summed E-state index contributed by atoms with van der Waals surface area (Å²) in [5.41, 5.74) is 1.16. The highest BCUT2D eigenvalue weighted by molar-refractivity contribution is 5.42. The molecule has 0 aliphatic rings. The van der Waals surface area contributed by atoms with Gasteiger partial charge in [-0.25, -0.2) is 0 Å². The summed E-state index contributed by atoms with van der Waals surface area (Å²) in [6.07, 6.45) is 1.61. The molecule has 0 fully saturated rings. The molecule has 2 N–H and O–H groups in total. The van der Waals surface area contributed by atoms with E-state index in [2.05, 4.69) is 5.32 Å². The summed E-state index contributed by atoms with van der Waals surface area (Å²) in [5, 5.41) is 11.8. The lowest BCUT2D eigenvalue weighted by Crippen LogP contribution is -2.06. The molecule has 0 heterocycles. The average molecular weight is 239 g/mol. The second-order valence-corrected chi connectivity index (χ2v) is 3.79. The van der Waals surface area contributed by atoms with Crippen LogP contribution in [0.25, 0.3) is 0 Å². The number of hydrogen-bond acceptors (Lipinski definition) is 4. The molecular weight excluding hydrogens is 218 g/mol. The molecule has 0 bridgehead atoms. The number of aliphatic hydroxyl groups is 1. The zero-order chi connectivity index (χ0) is 12.5. The first-order valence-electron chi connectivity index (χ1n) is 5.87. The quantitative estimate of drug-likeness (QED) is 0.676. The molecule has 1 aromatic rings. The van der Waals surface area contributed by atoms with Crippen molar-refractivity contribution in [3.8, 4) is 11.5 Å². The van der Waals surface area contributed by atoms with Gasteiger partial charge in [0.2, 0.25) is 0 Å². The third kappa shape index (κ3) is 4.63. The zero-order valence-corrected chi connectivity index (χ0v) is 10.5. The lowest BCUT2D eigenvalue weighted by atomic mass is 10.2. The molecule has 4 heteroatoms. The fraction of sp³-hybridized carbons (Fsp3) is 0.538. The molecule has 0 unspecified atom stereocenters. The summed E-state index contributed by atoms with van der Waals surface area (Å²) in [7, 11) is 3.54. The number of aliphatic hydroxyl groups excluding tert-OH is 1. The Labute approximate surface area is 103 Å². The molecule has 0 aromatic heterocycles. The van der Waals surface area contributed by atoms with E-state index >= 15 is 0 Å². The minimum absolute atomic E-state index is 0.209. The lowest BCUT2D eigenvalue weighted by Gasteiger charge is -2.12. The molecule has 0 amide bonds. The van der Waals surface area contributed by atoms with Crippen LogP contribution in [0.4, 0.5) is 0 Å². The van der Waals surface area contributed by atoms with Gasteiger partial charge < -0.3 is 19.9 Å². The smallest absolute Gasteiger partial charge is 0.161 e. The third-order valence-corrected chi connectivity index (χ3v) is 2.42. The van der Waals surface area contributed by atoms with Gasteiger partial charge in [-0.2, -0.15) is 0 Å². The molecule has 0 saturated carbocycles. The molecule has 0 radical (unpaired) electrons. The summed E-state index contributed by atoms with van der Waals surface area (Å²) in [4.78, 5) is 0. The molecular formula is C13H21NO3. The van der Waals surface area contributed by atoms with Crippen LogP contribution >= 0.6 is 0 Å². The van der Waals surface area contributed by atoms with Crippen molar-refractivity contribution in [3.63, 3.8) is 0 Å². The predicted octanol–water partition coefficient (Wildman–Crippen LogP) is 1.57. The monoisotopic (exact) mass is 239 g/mol. The molecule has 0 atom stereocenters. The van der Waals surface area contributed by atoms with Crippen LogP contribution in [0.2, 0.25) is 0 Å². The van der Waals surface area contributed by atoms with E-state index in [4.69, 9.17) is 14.6 Å². The van der Waals surface area contributed by atoms with Gasteiger partial charge in [0.1, 0.15) is 0 Å². The van der Waals surface area contributed by atoms with Crippen LogP contribution < -0.4 is 14.8 Å². The Balaban J connectivity index is 2.62. The second kappa shape index (κ2) is 7.92. The molecule has 0 aliphatic carbocycles. The number of nitrogens with one attached hydrogen (secondary N) is 1. The lowest BCUT2D eigenvalue weighted by molar-refractivity contribution is 0.247. The Hall–Kier alpha value is -1.26. The number of unbranched alkanes of at least 4 members (excludes halogenated alkanes) is 1. The van der Waals surface area contributed by atoms with Crippen LogP contribution in [0.1, 0.15) is 18.4 Å². The van der Waals surface area contributed by atoms with E-state index in [1.54, 1.807) is 7.11 Å². The Morgan fingerprint density at radius 1 is 1.24 bits per heavy atom. The molecule has 1 aromatic carbocycles. The van der Waals surface area contributed by atoms with Crippen molar-refractivity contribution in [2.75, 3.05) is 27.4 Å². The average Bonchev–Trinajstić information content (AvgIpc) is 2.35. The normalized spacial score (nSPS) is 10.3. The zero-order valence-electron chi connectivity index (χ0n) is 10.5. The fourth-order valence-corrected chi connectivity index (χ4v) is 1.54. The van der Waals surface area contributed by atoms with E-state index in [0.29, 0.717) is 6.61 Å². The fourth-order valence-electron chi connectivity index (χ4n) is 1.54. The highest BCUT2D eigenvalue weighted by Gasteiger charge is 2.05. The number of rotatable bonds is 8. The van der Waals surface area contributed by atoms with Crippen molar-refractivity contribution in [2.45, 2.75) is 19.4 Å². The standard InChI is InChI=1S/C13H21NO3/c1-14-10-11-5-6-12(16-2)13(9-11)17-8-4-3-7-15/h5-6,9,14-15H,3-4,7-8,10H2,1-2H3. The molecule has 1 rings (SSSR count). The molecule has 0 spiro atoms. The van der Waals surface area contributed by atoms with E-state index in [-0.39, 0.29) is 6.61 Å². The maximum atomic E-state index is 8.69. The summed E-state index contributed by atoms with van der Waals surface area (Å²) in [6.45, 7) is 1.61. The first-order valence-corrected chi connectivity index (χ1v) is 5.87. The first-order chi connectivity index (χ1) is 8.31. The van der Waals surface area contributed by atoms with Crippen molar-refractivity contribution in [3.05, 3.63) is 23.8 Å². The van der Waals surface area contributed by atoms with Crippen LogP contribution in [-0.4, -0.2) is 32.5 Å². The number of ether oxygens (including phenoxy) is 2. The first kappa shape index (κ1) is 13.8. The van der Waals surface area contributed by atoms with Crippen LogP contribution in [0.15, 0.2) is 18.2 Å². The third-order valence-electron chi connectivity index (χ3n) is 2.42. The van der Waals surface area contributed by atoms with Crippen LogP contribution in [0, 0.1) is 0 Å². The number of hydrogen-bond donors (Lipinski definition) is 2. The number of benzene rings is 1. The van der Waals surface area contributed by atoms with Crippen LogP contribution in [-0.2, 0) is 6.54 Å². The summed E-state index contributed by atoms with van der Waals surface area (Å²) >= 11 is 0. The van der Waals surface area contributed by atoms with Crippen molar-refractivity contribution >= 4 is 0 Å². The molecule has 4 nitrogen and oxygen atoms in total. The number of methoxy groups -OCH3 is 1. The van der Waals surface area contributed by atoms with Crippen LogP contribution in [0.5, 0.6) is 11.5 Å². The SMILES string of the molecule is CNCc1ccc(OC)c(OCCCCO)c1. The van der Waals surface area contributed by atoms with Gasteiger partial charge in [-0.05, 0) is 37.6 Å². The van der Waals surface area contributed by atoms with Gasteiger partial charge in [-0.3, -0.25) is 0 Å². The topological polar surface area (TPSA) is 50.7 Å². The van der Waals surface area contributed by atoms with E-state index in [9.17, 15) is 0 Å². The van der Waals surface area contributed by atoms with E-state index in [0.717, 1.165) is 36.4 Å². The van der Waals surface area contributed by atoms with Gasteiger partial charge >= 0.3 is 0 Å². The van der Waals surface area contributed by atoms with Gasteiger partial charge in [0.15, 0.2) is 11.5 Å². The van der Waals surface area contributed by atoms with Gasteiger partial charge in [-0.1, -0.05) is 6.07 Å². The Kier molecular flexibility index (Phi) is 6.43. The highest BCUT2D eigenvalue weighted by Crippen LogP contribution is 2.28. The molecule has 0 aliphatic heterocycles. The largest absolute Gasteiger partial charge is 0.493 e. The van der Waals surface area contributed by atoms with Gasteiger partial charge in [0.25, 0.3) is 0 Å². The van der Waals surface area contributed by atoms with Crippen molar-refractivity contribution < 1.29 is 14.6 Å². The highest BCUT2D eigenvalue weighted by atomic mass is 16.5. The Morgan fingerprint density at radius 3 is 2.71 bits per heavy atom.